The zero-order valence-corrected chi connectivity index (χ0v) is 18.1. The zero-order valence-electron chi connectivity index (χ0n) is 16.6. The third-order valence-corrected chi connectivity index (χ3v) is 5.41. The monoisotopic (exact) mass is 449 g/mol. The number of fused-ring (bicyclic) bond motifs is 1. The number of aromatic nitrogens is 1. The molecule has 0 saturated carbocycles. The Balaban J connectivity index is 1.64. The van der Waals surface area contributed by atoms with Crippen LogP contribution in [0.5, 0.6) is 0 Å². The first-order chi connectivity index (χ1) is 14.9. The van der Waals surface area contributed by atoms with Crippen molar-refractivity contribution in [3.05, 3.63) is 99.5 Å². The van der Waals surface area contributed by atoms with Crippen LogP contribution in [-0.4, -0.2) is 23.3 Å². The zero-order chi connectivity index (χ0) is 22.0. The molecule has 1 aromatic heterocycles. The SMILES string of the molecule is Cc1ccc(-c2cc(C(=O)OCC(=O)c3cc(Cl)ccc3Cl)c3ccccc3n2)cc1. The summed E-state index contributed by atoms with van der Waals surface area (Å²) in [6, 6.07) is 21.4. The number of benzene rings is 3. The summed E-state index contributed by atoms with van der Waals surface area (Å²) in [6.07, 6.45) is 0. The second-order valence-electron chi connectivity index (χ2n) is 7.06. The number of pyridine rings is 1. The molecule has 0 aliphatic rings. The summed E-state index contributed by atoms with van der Waals surface area (Å²) in [7, 11) is 0. The Morgan fingerprint density at radius 2 is 1.65 bits per heavy atom. The number of nitrogens with zero attached hydrogens (tertiary/aromatic N) is 1. The van der Waals surface area contributed by atoms with Gasteiger partial charge in [-0.2, -0.15) is 0 Å². The van der Waals surface area contributed by atoms with Crippen molar-refractivity contribution in [2.24, 2.45) is 0 Å². The maximum absolute atomic E-state index is 12.9. The van der Waals surface area contributed by atoms with E-state index >= 15 is 0 Å². The average Bonchev–Trinajstić information content (AvgIpc) is 2.78. The van der Waals surface area contributed by atoms with Crippen LogP contribution >= 0.6 is 23.2 Å². The van der Waals surface area contributed by atoms with Crippen LogP contribution in [0.2, 0.25) is 10.0 Å². The van der Waals surface area contributed by atoms with Gasteiger partial charge in [0.1, 0.15) is 0 Å². The second kappa shape index (κ2) is 8.88. The largest absolute Gasteiger partial charge is 0.454 e. The fourth-order valence-corrected chi connectivity index (χ4v) is 3.61. The predicted molar refractivity (Wildman–Crippen MR) is 123 cm³/mol. The molecular weight excluding hydrogens is 433 g/mol. The molecule has 0 radical (unpaired) electrons. The average molecular weight is 450 g/mol. The molecule has 6 heteroatoms. The number of Topliss-reactive ketones (excluding diaryl/α,β-unsaturated/α-hetero) is 1. The molecule has 0 aliphatic heterocycles. The number of ether oxygens (including phenoxy) is 1. The Hall–Kier alpha value is -3.21. The molecule has 31 heavy (non-hydrogen) atoms. The van der Waals surface area contributed by atoms with Gasteiger partial charge in [0.05, 0.1) is 21.8 Å². The van der Waals surface area contributed by atoms with Gasteiger partial charge in [-0.05, 0) is 37.3 Å². The molecule has 0 fully saturated rings. The summed E-state index contributed by atoms with van der Waals surface area (Å²) in [5.41, 5.74) is 3.87. The highest BCUT2D eigenvalue weighted by Crippen LogP contribution is 2.26. The Morgan fingerprint density at radius 3 is 2.42 bits per heavy atom. The molecule has 0 N–H and O–H groups in total. The third kappa shape index (κ3) is 4.61. The summed E-state index contributed by atoms with van der Waals surface area (Å²) in [5.74, 6) is -1.04. The topological polar surface area (TPSA) is 56.3 Å². The van der Waals surface area contributed by atoms with Crippen molar-refractivity contribution in [2.75, 3.05) is 6.61 Å². The van der Waals surface area contributed by atoms with Crippen LogP contribution in [0.3, 0.4) is 0 Å². The van der Waals surface area contributed by atoms with E-state index in [0.29, 0.717) is 27.2 Å². The van der Waals surface area contributed by atoms with Crippen molar-refractivity contribution in [1.82, 2.24) is 4.98 Å². The number of halogens is 2. The lowest BCUT2D eigenvalue weighted by Gasteiger charge is -2.10. The lowest BCUT2D eigenvalue weighted by Crippen LogP contribution is -2.15. The standard InChI is InChI=1S/C25H17Cl2NO3/c1-15-6-8-16(9-7-15)23-13-19(18-4-2-3-5-22(18)28-23)25(30)31-14-24(29)20-12-17(26)10-11-21(20)27/h2-13H,14H2,1H3. The van der Waals surface area contributed by atoms with Gasteiger partial charge in [0, 0.05) is 21.5 Å². The van der Waals surface area contributed by atoms with E-state index in [2.05, 4.69) is 4.98 Å². The van der Waals surface area contributed by atoms with Gasteiger partial charge in [-0.15, -0.1) is 0 Å². The van der Waals surface area contributed by atoms with E-state index in [1.54, 1.807) is 18.2 Å². The quantitative estimate of drug-likeness (QED) is 0.255. The van der Waals surface area contributed by atoms with Crippen LogP contribution in [0.25, 0.3) is 22.2 Å². The number of carbonyl (C=O) groups is 2. The van der Waals surface area contributed by atoms with Crippen LogP contribution in [-0.2, 0) is 4.74 Å². The molecular formula is C25H17Cl2NO3. The lowest BCUT2D eigenvalue weighted by molar-refractivity contribution is 0.0476. The lowest BCUT2D eigenvalue weighted by atomic mass is 10.0. The highest BCUT2D eigenvalue weighted by atomic mass is 35.5. The molecule has 0 spiro atoms. The van der Waals surface area contributed by atoms with E-state index in [1.165, 1.54) is 12.1 Å². The molecule has 0 saturated heterocycles. The smallest absolute Gasteiger partial charge is 0.339 e. The summed E-state index contributed by atoms with van der Waals surface area (Å²) in [6.45, 7) is 1.55. The first kappa shape index (κ1) is 21.0. The van der Waals surface area contributed by atoms with Gasteiger partial charge in [-0.25, -0.2) is 9.78 Å². The molecule has 3 aromatic carbocycles. The number of ketones is 1. The Kier molecular flexibility index (Phi) is 6.03. The molecule has 0 unspecified atom stereocenters. The van der Waals surface area contributed by atoms with Crippen LogP contribution in [0.1, 0.15) is 26.3 Å². The molecule has 4 rings (SSSR count). The van der Waals surface area contributed by atoms with Crippen LogP contribution < -0.4 is 0 Å². The minimum absolute atomic E-state index is 0.210. The summed E-state index contributed by atoms with van der Waals surface area (Å²) in [4.78, 5) is 30.1. The minimum Gasteiger partial charge on any atom is -0.454 e. The first-order valence-corrected chi connectivity index (χ1v) is 10.3. The summed E-state index contributed by atoms with van der Waals surface area (Å²) in [5, 5.41) is 1.28. The van der Waals surface area contributed by atoms with E-state index < -0.39 is 18.4 Å². The van der Waals surface area contributed by atoms with Gasteiger partial charge in [0.2, 0.25) is 5.78 Å². The number of esters is 1. The fourth-order valence-electron chi connectivity index (χ4n) is 3.21. The van der Waals surface area contributed by atoms with Crippen LogP contribution in [0, 0.1) is 6.92 Å². The highest BCUT2D eigenvalue weighted by Gasteiger charge is 2.18. The number of hydrogen-bond donors (Lipinski definition) is 0. The molecule has 0 bridgehead atoms. The van der Waals surface area contributed by atoms with Crippen LogP contribution in [0.15, 0.2) is 72.8 Å². The Labute approximate surface area is 189 Å². The van der Waals surface area contributed by atoms with E-state index in [-0.39, 0.29) is 10.6 Å². The molecule has 0 atom stereocenters. The van der Waals surface area contributed by atoms with Crippen molar-refractivity contribution in [1.29, 1.82) is 0 Å². The summed E-state index contributed by atoms with van der Waals surface area (Å²) < 4.78 is 5.34. The molecule has 4 aromatic rings. The number of rotatable bonds is 5. The summed E-state index contributed by atoms with van der Waals surface area (Å²) >= 11 is 12.0. The maximum Gasteiger partial charge on any atom is 0.339 e. The molecule has 4 nitrogen and oxygen atoms in total. The molecule has 1 heterocycles. The van der Waals surface area contributed by atoms with E-state index in [4.69, 9.17) is 27.9 Å². The molecule has 0 amide bonds. The first-order valence-electron chi connectivity index (χ1n) is 9.54. The van der Waals surface area contributed by atoms with E-state index in [1.807, 2.05) is 49.4 Å². The van der Waals surface area contributed by atoms with Gasteiger partial charge in [-0.1, -0.05) is 71.2 Å². The molecule has 0 aliphatic carbocycles. The van der Waals surface area contributed by atoms with Crippen molar-refractivity contribution in [2.45, 2.75) is 6.92 Å². The minimum atomic E-state index is -0.613. The highest BCUT2D eigenvalue weighted by molar-refractivity contribution is 6.36. The van der Waals surface area contributed by atoms with Crippen molar-refractivity contribution in [3.63, 3.8) is 0 Å². The number of para-hydroxylation sites is 1. The van der Waals surface area contributed by atoms with Gasteiger partial charge >= 0.3 is 5.97 Å². The maximum atomic E-state index is 12.9. The normalized spacial score (nSPS) is 10.8. The second-order valence-corrected chi connectivity index (χ2v) is 7.91. The number of carbonyl (C=O) groups excluding carboxylic acids is 2. The van der Waals surface area contributed by atoms with Crippen LogP contribution in [0.4, 0.5) is 0 Å². The Morgan fingerprint density at radius 1 is 0.903 bits per heavy atom. The number of hydrogen-bond acceptors (Lipinski definition) is 4. The van der Waals surface area contributed by atoms with Crippen molar-refractivity contribution in [3.8, 4) is 11.3 Å². The van der Waals surface area contributed by atoms with E-state index in [9.17, 15) is 9.59 Å². The van der Waals surface area contributed by atoms with Gasteiger partial charge < -0.3 is 4.74 Å². The number of aryl methyl sites for hydroxylation is 1. The molecule has 154 valence electrons. The predicted octanol–water partition coefficient (Wildman–Crippen LogP) is 6.56. The Bertz CT molecular complexity index is 1300. The van der Waals surface area contributed by atoms with Gasteiger partial charge in [0.15, 0.2) is 6.61 Å². The van der Waals surface area contributed by atoms with Crippen molar-refractivity contribution >= 4 is 45.9 Å². The van der Waals surface area contributed by atoms with Crippen molar-refractivity contribution < 1.29 is 14.3 Å². The third-order valence-electron chi connectivity index (χ3n) is 4.85. The van der Waals surface area contributed by atoms with E-state index in [0.717, 1.165) is 11.1 Å². The fraction of sp³-hybridized carbons (Fsp3) is 0.0800. The van der Waals surface area contributed by atoms with Gasteiger partial charge in [0.25, 0.3) is 0 Å². The van der Waals surface area contributed by atoms with Gasteiger partial charge in [-0.3, -0.25) is 4.79 Å².